The molecule has 3 aromatic rings. The molecule has 0 aliphatic rings. The molecule has 0 radical (unpaired) electrons. The van der Waals surface area contributed by atoms with E-state index >= 15 is 0 Å². The van der Waals surface area contributed by atoms with Crippen molar-refractivity contribution < 1.29 is 4.79 Å². The van der Waals surface area contributed by atoms with E-state index in [0.717, 1.165) is 16.8 Å². The van der Waals surface area contributed by atoms with Crippen LogP contribution in [-0.2, 0) is 6.54 Å². The van der Waals surface area contributed by atoms with Crippen LogP contribution in [0.2, 0.25) is 0 Å². The number of aryl methyl sites for hydroxylation is 1. The SMILES string of the molecule is Cc1cccc(Nc2cc(C(=O)N(Cc3ccccc3)C(C)C)ncn2)c1. The molecule has 0 aliphatic heterocycles. The lowest BCUT2D eigenvalue weighted by atomic mass is 10.1. The van der Waals surface area contributed by atoms with Gasteiger partial charge in [0, 0.05) is 24.3 Å². The molecule has 2 aromatic carbocycles. The fourth-order valence-electron chi connectivity index (χ4n) is 2.83. The Morgan fingerprint density at radius 2 is 1.81 bits per heavy atom. The van der Waals surface area contributed by atoms with Gasteiger partial charge in [0.05, 0.1) is 0 Å². The van der Waals surface area contributed by atoms with Gasteiger partial charge >= 0.3 is 0 Å². The van der Waals surface area contributed by atoms with Gasteiger partial charge in [0.15, 0.2) is 0 Å². The maximum atomic E-state index is 13.1. The second kappa shape index (κ2) is 8.45. The van der Waals surface area contributed by atoms with Crippen LogP contribution in [0.4, 0.5) is 11.5 Å². The molecule has 1 aromatic heterocycles. The molecule has 138 valence electrons. The lowest BCUT2D eigenvalue weighted by Crippen LogP contribution is -2.36. The fourth-order valence-corrected chi connectivity index (χ4v) is 2.83. The highest BCUT2D eigenvalue weighted by Crippen LogP contribution is 2.18. The van der Waals surface area contributed by atoms with E-state index in [-0.39, 0.29) is 11.9 Å². The van der Waals surface area contributed by atoms with E-state index in [1.807, 2.05) is 80.3 Å². The molecule has 0 fully saturated rings. The Labute approximate surface area is 160 Å². The summed E-state index contributed by atoms with van der Waals surface area (Å²) < 4.78 is 0. The zero-order valence-corrected chi connectivity index (χ0v) is 15.9. The van der Waals surface area contributed by atoms with Crippen LogP contribution in [0.25, 0.3) is 0 Å². The third kappa shape index (κ3) is 4.91. The maximum absolute atomic E-state index is 13.1. The van der Waals surface area contributed by atoms with E-state index in [4.69, 9.17) is 0 Å². The van der Waals surface area contributed by atoms with Crippen LogP contribution in [0.3, 0.4) is 0 Å². The first kappa shape index (κ1) is 18.6. The third-order valence-electron chi connectivity index (χ3n) is 4.26. The monoisotopic (exact) mass is 360 g/mol. The minimum Gasteiger partial charge on any atom is -0.340 e. The Balaban J connectivity index is 1.80. The highest BCUT2D eigenvalue weighted by Gasteiger charge is 2.20. The van der Waals surface area contributed by atoms with Crippen molar-refractivity contribution in [2.75, 3.05) is 5.32 Å². The van der Waals surface area contributed by atoms with E-state index in [2.05, 4.69) is 15.3 Å². The lowest BCUT2D eigenvalue weighted by molar-refractivity contribution is 0.0684. The molecule has 3 rings (SSSR count). The fraction of sp³-hybridized carbons (Fsp3) is 0.227. The zero-order chi connectivity index (χ0) is 19.2. The Morgan fingerprint density at radius 1 is 1.04 bits per heavy atom. The molecule has 1 amide bonds. The normalized spacial score (nSPS) is 10.7. The van der Waals surface area contributed by atoms with Crippen LogP contribution >= 0.6 is 0 Å². The van der Waals surface area contributed by atoms with Crippen molar-refractivity contribution in [1.29, 1.82) is 0 Å². The molecule has 0 atom stereocenters. The average Bonchev–Trinajstić information content (AvgIpc) is 2.66. The molecule has 1 N–H and O–H groups in total. The molecule has 0 saturated heterocycles. The molecule has 0 bridgehead atoms. The molecule has 0 aliphatic carbocycles. The number of carbonyl (C=O) groups excluding carboxylic acids is 1. The average molecular weight is 360 g/mol. The molecular formula is C22H24N4O. The number of nitrogens with one attached hydrogen (secondary N) is 1. The number of rotatable bonds is 6. The molecule has 5 heteroatoms. The van der Waals surface area contributed by atoms with Gasteiger partial charge in [-0.3, -0.25) is 4.79 Å². The van der Waals surface area contributed by atoms with E-state index in [1.165, 1.54) is 6.33 Å². The number of anilines is 2. The number of aromatic nitrogens is 2. The number of carbonyl (C=O) groups is 1. The number of hydrogen-bond acceptors (Lipinski definition) is 4. The van der Waals surface area contributed by atoms with Crippen LogP contribution < -0.4 is 5.32 Å². The largest absolute Gasteiger partial charge is 0.340 e. The Morgan fingerprint density at radius 3 is 2.52 bits per heavy atom. The van der Waals surface area contributed by atoms with Gasteiger partial charge in [-0.15, -0.1) is 0 Å². The van der Waals surface area contributed by atoms with Crippen molar-refractivity contribution in [3.63, 3.8) is 0 Å². The molecule has 27 heavy (non-hydrogen) atoms. The van der Waals surface area contributed by atoms with Crippen LogP contribution in [0.15, 0.2) is 67.0 Å². The minimum absolute atomic E-state index is 0.0563. The number of benzene rings is 2. The quantitative estimate of drug-likeness (QED) is 0.699. The van der Waals surface area contributed by atoms with Crippen molar-refractivity contribution in [1.82, 2.24) is 14.9 Å². The minimum atomic E-state index is -0.108. The summed E-state index contributed by atoms with van der Waals surface area (Å²) in [6.45, 7) is 6.59. The van der Waals surface area contributed by atoms with E-state index in [0.29, 0.717) is 18.1 Å². The van der Waals surface area contributed by atoms with Crippen molar-refractivity contribution in [3.8, 4) is 0 Å². The summed E-state index contributed by atoms with van der Waals surface area (Å²) in [5.41, 5.74) is 3.55. The Hall–Kier alpha value is -3.21. The van der Waals surface area contributed by atoms with Gasteiger partial charge in [0.2, 0.25) is 0 Å². The van der Waals surface area contributed by atoms with E-state index < -0.39 is 0 Å². The van der Waals surface area contributed by atoms with Gasteiger partial charge in [-0.05, 0) is 44.0 Å². The zero-order valence-electron chi connectivity index (χ0n) is 15.9. The van der Waals surface area contributed by atoms with Gasteiger partial charge in [0.1, 0.15) is 17.8 Å². The summed E-state index contributed by atoms with van der Waals surface area (Å²) in [4.78, 5) is 23.3. The Bertz CT molecular complexity index is 909. The first-order valence-corrected chi connectivity index (χ1v) is 9.03. The molecule has 0 saturated carbocycles. The first-order chi connectivity index (χ1) is 13.0. The summed E-state index contributed by atoms with van der Waals surface area (Å²) in [6.07, 6.45) is 1.42. The van der Waals surface area contributed by atoms with Gasteiger partial charge in [-0.1, -0.05) is 42.5 Å². The third-order valence-corrected chi connectivity index (χ3v) is 4.26. The summed E-state index contributed by atoms with van der Waals surface area (Å²) in [7, 11) is 0. The van der Waals surface area contributed by atoms with Crippen molar-refractivity contribution in [2.45, 2.75) is 33.4 Å². The van der Waals surface area contributed by atoms with Gasteiger partial charge < -0.3 is 10.2 Å². The topological polar surface area (TPSA) is 58.1 Å². The lowest BCUT2D eigenvalue weighted by Gasteiger charge is -2.26. The molecule has 1 heterocycles. The maximum Gasteiger partial charge on any atom is 0.273 e. The summed E-state index contributed by atoms with van der Waals surface area (Å²) >= 11 is 0. The summed E-state index contributed by atoms with van der Waals surface area (Å²) in [5, 5.41) is 3.24. The summed E-state index contributed by atoms with van der Waals surface area (Å²) in [6, 6.07) is 19.7. The van der Waals surface area contributed by atoms with Crippen molar-refractivity contribution >= 4 is 17.4 Å². The van der Waals surface area contributed by atoms with Crippen LogP contribution in [0.5, 0.6) is 0 Å². The Kier molecular flexibility index (Phi) is 5.81. The number of nitrogens with zero attached hydrogens (tertiary/aromatic N) is 3. The van der Waals surface area contributed by atoms with Crippen molar-refractivity contribution in [2.24, 2.45) is 0 Å². The van der Waals surface area contributed by atoms with Crippen LogP contribution in [0, 0.1) is 6.92 Å². The number of amides is 1. The second-order valence-corrected chi connectivity index (χ2v) is 6.80. The number of hydrogen-bond donors (Lipinski definition) is 1. The highest BCUT2D eigenvalue weighted by molar-refractivity contribution is 5.93. The standard InChI is InChI=1S/C22H24N4O/c1-16(2)26(14-18-9-5-4-6-10-18)22(27)20-13-21(24-15-23-20)25-19-11-7-8-17(3)12-19/h4-13,15-16H,14H2,1-3H3,(H,23,24,25). The van der Waals surface area contributed by atoms with Gasteiger partial charge in [-0.25, -0.2) is 9.97 Å². The first-order valence-electron chi connectivity index (χ1n) is 9.03. The van der Waals surface area contributed by atoms with Gasteiger partial charge in [-0.2, -0.15) is 0 Å². The van der Waals surface area contributed by atoms with Crippen LogP contribution in [0.1, 0.15) is 35.5 Å². The van der Waals surface area contributed by atoms with Gasteiger partial charge in [0.25, 0.3) is 5.91 Å². The second-order valence-electron chi connectivity index (χ2n) is 6.80. The predicted octanol–water partition coefficient (Wildman–Crippen LogP) is 4.58. The molecular weight excluding hydrogens is 336 g/mol. The van der Waals surface area contributed by atoms with Crippen LogP contribution in [-0.4, -0.2) is 26.8 Å². The smallest absolute Gasteiger partial charge is 0.273 e. The highest BCUT2D eigenvalue weighted by atomic mass is 16.2. The van der Waals surface area contributed by atoms with E-state index in [1.54, 1.807) is 6.07 Å². The van der Waals surface area contributed by atoms with Crippen molar-refractivity contribution in [3.05, 3.63) is 83.8 Å². The molecule has 5 nitrogen and oxygen atoms in total. The summed E-state index contributed by atoms with van der Waals surface area (Å²) in [5.74, 6) is 0.492. The molecule has 0 unspecified atom stereocenters. The molecule has 0 spiro atoms. The van der Waals surface area contributed by atoms with E-state index in [9.17, 15) is 4.79 Å². The predicted molar refractivity (Wildman–Crippen MR) is 108 cm³/mol.